The van der Waals surface area contributed by atoms with E-state index < -0.39 is 6.36 Å². The summed E-state index contributed by atoms with van der Waals surface area (Å²) in [4.78, 5) is 13.4. The number of carbonyl (C=O) groups excluding carboxylic acids is 1. The molecule has 0 bridgehead atoms. The predicted molar refractivity (Wildman–Crippen MR) is 71.3 cm³/mol. The number of halogens is 4. The number of hydrogen-bond donors (Lipinski definition) is 1. The summed E-state index contributed by atoms with van der Waals surface area (Å²) in [5, 5.41) is 2.90. The molecule has 1 aromatic carbocycles. The summed E-state index contributed by atoms with van der Waals surface area (Å²) in [7, 11) is 3.39. The lowest BCUT2D eigenvalue weighted by atomic mass is 10.2. The van der Waals surface area contributed by atoms with Crippen molar-refractivity contribution in [1.82, 2.24) is 10.2 Å². The van der Waals surface area contributed by atoms with Crippen LogP contribution in [0.5, 0.6) is 5.75 Å². The first kappa shape index (κ1) is 18.5. The van der Waals surface area contributed by atoms with Gasteiger partial charge in [0.15, 0.2) is 0 Å². The summed E-state index contributed by atoms with van der Waals surface area (Å²) >= 11 is 0. The fourth-order valence-corrected chi connectivity index (χ4v) is 1.40. The van der Waals surface area contributed by atoms with E-state index in [1.165, 1.54) is 17.0 Å². The summed E-state index contributed by atoms with van der Waals surface area (Å²) < 4.78 is 39.6. The molecule has 0 saturated heterocycles. The van der Waals surface area contributed by atoms with E-state index in [9.17, 15) is 18.0 Å². The first-order valence-electron chi connectivity index (χ1n) is 5.59. The highest BCUT2D eigenvalue weighted by molar-refractivity contribution is 5.94. The molecule has 0 aromatic heterocycles. The molecule has 0 radical (unpaired) electrons. The number of alkyl halides is 3. The van der Waals surface area contributed by atoms with Crippen LogP contribution in [0.1, 0.15) is 10.4 Å². The molecule has 1 aromatic rings. The number of nitrogens with zero attached hydrogens (tertiary/aromatic N) is 1. The van der Waals surface area contributed by atoms with Gasteiger partial charge in [0.25, 0.3) is 5.91 Å². The van der Waals surface area contributed by atoms with Gasteiger partial charge in [0.2, 0.25) is 0 Å². The van der Waals surface area contributed by atoms with Gasteiger partial charge in [-0.25, -0.2) is 0 Å². The van der Waals surface area contributed by atoms with Crippen molar-refractivity contribution >= 4 is 18.3 Å². The van der Waals surface area contributed by atoms with Crippen LogP contribution in [0.3, 0.4) is 0 Å². The van der Waals surface area contributed by atoms with Crippen LogP contribution in [0.4, 0.5) is 13.2 Å². The lowest BCUT2D eigenvalue weighted by Crippen LogP contribution is -2.32. The molecule has 0 saturated carbocycles. The maximum atomic E-state index is 12.0. The van der Waals surface area contributed by atoms with Gasteiger partial charge in [-0.15, -0.1) is 25.6 Å². The first-order chi connectivity index (χ1) is 8.83. The molecule has 0 spiro atoms. The standard InChI is InChI=1S/C12H15F3N2O2.ClH/c1-16-7-8-17(2)11(18)9-3-5-10(6-4-9)19-12(13,14)15;/h3-6,16H,7-8H2,1-2H3;1H. The highest BCUT2D eigenvalue weighted by atomic mass is 35.5. The Balaban J connectivity index is 0.00000361. The number of hydrogen-bond acceptors (Lipinski definition) is 3. The fraction of sp³-hybridized carbons (Fsp3) is 0.417. The van der Waals surface area contributed by atoms with Crippen molar-refractivity contribution in [3.8, 4) is 5.75 Å². The molecular formula is C12H16ClF3N2O2. The second kappa shape index (κ2) is 7.96. The third kappa shape index (κ3) is 6.12. The summed E-state index contributed by atoms with van der Waals surface area (Å²) in [6.07, 6.45) is -4.73. The maximum absolute atomic E-state index is 12.0. The van der Waals surface area contributed by atoms with Crippen molar-refractivity contribution in [2.75, 3.05) is 27.2 Å². The number of carbonyl (C=O) groups is 1. The van der Waals surface area contributed by atoms with E-state index in [-0.39, 0.29) is 24.1 Å². The molecule has 8 heteroatoms. The zero-order chi connectivity index (χ0) is 14.5. The third-order valence-electron chi connectivity index (χ3n) is 2.38. The Hall–Kier alpha value is -1.47. The highest BCUT2D eigenvalue weighted by Gasteiger charge is 2.31. The van der Waals surface area contributed by atoms with E-state index in [0.29, 0.717) is 18.7 Å². The average molecular weight is 313 g/mol. The zero-order valence-corrected chi connectivity index (χ0v) is 11.8. The molecule has 0 aliphatic carbocycles. The Bertz CT molecular complexity index is 424. The Kier molecular flexibility index (Phi) is 7.38. The summed E-state index contributed by atoms with van der Waals surface area (Å²) in [6, 6.07) is 4.85. The monoisotopic (exact) mass is 312 g/mol. The highest BCUT2D eigenvalue weighted by Crippen LogP contribution is 2.22. The van der Waals surface area contributed by atoms with Crippen LogP contribution in [0.2, 0.25) is 0 Å². The minimum Gasteiger partial charge on any atom is -0.406 e. The second-order valence-corrected chi connectivity index (χ2v) is 3.90. The van der Waals surface area contributed by atoms with Crippen molar-refractivity contribution in [2.45, 2.75) is 6.36 Å². The SMILES string of the molecule is CNCCN(C)C(=O)c1ccc(OC(F)(F)F)cc1.Cl. The number of amides is 1. The number of nitrogens with one attached hydrogen (secondary N) is 1. The van der Waals surface area contributed by atoms with Gasteiger partial charge < -0.3 is 15.0 Å². The van der Waals surface area contributed by atoms with Gasteiger partial charge in [-0.3, -0.25) is 4.79 Å². The van der Waals surface area contributed by atoms with E-state index in [4.69, 9.17) is 0 Å². The topological polar surface area (TPSA) is 41.6 Å². The quantitative estimate of drug-likeness (QED) is 0.907. The van der Waals surface area contributed by atoms with Gasteiger partial charge in [0.1, 0.15) is 5.75 Å². The maximum Gasteiger partial charge on any atom is 0.573 e. The van der Waals surface area contributed by atoms with Gasteiger partial charge >= 0.3 is 6.36 Å². The van der Waals surface area contributed by atoms with Crippen molar-refractivity contribution in [3.05, 3.63) is 29.8 Å². The molecule has 0 atom stereocenters. The van der Waals surface area contributed by atoms with Gasteiger partial charge in [-0.05, 0) is 31.3 Å². The Labute approximate surface area is 121 Å². The number of likely N-dealkylation sites (N-methyl/N-ethyl adjacent to an activating group) is 2. The zero-order valence-electron chi connectivity index (χ0n) is 11.0. The van der Waals surface area contributed by atoms with Crippen LogP contribution in [0.15, 0.2) is 24.3 Å². The lowest BCUT2D eigenvalue weighted by Gasteiger charge is -2.17. The van der Waals surface area contributed by atoms with E-state index in [1.807, 2.05) is 0 Å². The van der Waals surface area contributed by atoms with Crippen LogP contribution in [0, 0.1) is 0 Å². The van der Waals surface area contributed by atoms with Crippen molar-refractivity contribution in [2.24, 2.45) is 0 Å². The molecule has 0 aliphatic heterocycles. The third-order valence-corrected chi connectivity index (χ3v) is 2.38. The number of benzene rings is 1. The smallest absolute Gasteiger partial charge is 0.406 e. The Morgan fingerprint density at radius 3 is 2.30 bits per heavy atom. The van der Waals surface area contributed by atoms with E-state index >= 15 is 0 Å². The molecule has 0 aliphatic rings. The van der Waals surface area contributed by atoms with Crippen LogP contribution in [0.25, 0.3) is 0 Å². The number of rotatable bonds is 5. The molecule has 4 nitrogen and oxygen atoms in total. The second-order valence-electron chi connectivity index (χ2n) is 3.90. The largest absolute Gasteiger partial charge is 0.573 e. The Morgan fingerprint density at radius 1 is 1.30 bits per heavy atom. The van der Waals surface area contributed by atoms with E-state index in [2.05, 4.69) is 10.1 Å². The summed E-state index contributed by atoms with van der Waals surface area (Å²) in [5.74, 6) is -0.601. The molecule has 1 amide bonds. The van der Waals surface area contributed by atoms with Gasteiger partial charge in [0.05, 0.1) is 0 Å². The van der Waals surface area contributed by atoms with Crippen LogP contribution in [-0.2, 0) is 0 Å². The normalized spacial score (nSPS) is 10.7. The predicted octanol–water partition coefficient (Wildman–Crippen LogP) is 2.30. The van der Waals surface area contributed by atoms with Crippen LogP contribution >= 0.6 is 12.4 Å². The average Bonchev–Trinajstić information content (AvgIpc) is 2.34. The molecule has 114 valence electrons. The van der Waals surface area contributed by atoms with E-state index in [1.54, 1.807) is 14.1 Å². The van der Waals surface area contributed by atoms with Crippen LogP contribution < -0.4 is 10.1 Å². The molecule has 0 heterocycles. The number of ether oxygens (including phenoxy) is 1. The van der Waals surface area contributed by atoms with E-state index in [0.717, 1.165) is 12.1 Å². The molecule has 1 N–H and O–H groups in total. The molecule has 0 fully saturated rings. The Morgan fingerprint density at radius 2 is 1.85 bits per heavy atom. The molecule has 1 rings (SSSR count). The first-order valence-corrected chi connectivity index (χ1v) is 5.59. The summed E-state index contributed by atoms with van der Waals surface area (Å²) in [5.41, 5.74) is 0.313. The minimum atomic E-state index is -4.73. The van der Waals surface area contributed by atoms with Crippen molar-refractivity contribution in [3.63, 3.8) is 0 Å². The van der Waals surface area contributed by atoms with Gasteiger partial charge in [-0.2, -0.15) is 0 Å². The van der Waals surface area contributed by atoms with Gasteiger partial charge in [0, 0.05) is 25.7 Å². The summed E-state index contributed by atoms with van der Waals surface area (Å²) in [6.45, 7) is 1.15. The minimum absolute atomic E-state index is 0. The van der Waals surface area contributed by atoms with Crippen molar-refractivity contribution < 1.29 is 22.7 Å². The van der Waals surface area contributed by atoms with Crippen molar-refractivity contribution in [1.29, 1.82) is 0 Å². The van der Waals surface area contributed by atoms with Crippen LogP contribution in [-0.4, -0.2) is 44.4 Å². The van der Waals surface area contributed by atoms with Gasteiger partial charge in [-0.1, -0.05) is 0 Å². The molecular weight excluding hydrogens is 297 g/mol. The molecule has 20 heavy (non-hydrogen) atoms. The molecule has 0 unspecified atom stereocenters. The lowest BCUT2D eigenvalue weighted by molar-refractivity contribution is -0.274. The fourth-order valence-electron chi connectivity index (χ4n) is 1.40.